The maximum absolute atomic E-state index is 11.2. The van der Waals surface area contributed by atoms with Crippen LogP contribution in [-0.2, 0) is 6.54 Å². The predicted octanol–water partition coefficient (Wildman–Crippen LogP) is 1.43. The van der Waals surface area contributed by atoms with Crippen LogP contribution in [0.1, 0.15) is 29.2 Å². The molecule has 0 aromatic carbocycles. The molecule has 2 rings (SSSR count). The Kier molecular flexibility index (Phi) is 2.37. The second-order valence-electron chi connectivity index (χ2n) is 3.29. The molecular formula is C10H11N3O2. The van der Waals surface area contributed by atoms with Gasteiger partial charge in [0.2, 0.25) is 11.8 Å². The SMILES string of the molecule is CC(=O)c1cccn1Cc1nnc(C)o1. The summed E-state index contributed by atoms with van der Waals surface area (Å²) in [5, 5.41) is 7.60. The van der Waals surface area contributed by atoms with Gasteiger partial charge in [-0.25, -0.2) is 0 Å². The monoisotopic (exact) mass is 205 g/mol. The molecule has 0 saturated carbocycles. The fourth-order valence-corrected chi connectivity index (χ4v) is 1.42. The first-order valence-electron chi connectivity index (χ1n) is 4.62. The molecule has 0 radical (unpaired) electrons. The molecule has 2 aromatic heterocycles. The molecule has 0 aliphatic heterocycles. The van der Waals surface area contributed by atoms with Crippen molar-refractivity contribution in [2.75, 3.05) is 0 Å². The number of nitrogens with zero attached hydrogens (tertiary/aromatic N) is 3. The molecule has 78 valence electrons. The highest BCUT2D eigenvalue weighted by atomic mass is 16.4. The highest BCUT2D eigenvalue weighted by Gasteiger charge is 2.09. The lowest BCUT2D eigenvalue weighted by atomic mass is 10.3. The molecule has 0 saturated heterocycles. The minimum atomic E-state index is 0.0243. The Hall–Kier alpha value is -1.91. The maximum Gasteiger partial charge on any atom is 0.236 e. The molecule has 2 heterocycles. The second kappa shape index (κ2) is 3.68. The van der Waals surface area contributed by atoms with Crippen LogP contribution < -0.4 is 0 Å². The average molecular weight is 205 g/mol. The van der Waals surface area contributed by atoms with Crippen molar-refractivity contribution in [3.8, 4) is 0 Å². The lowest BCUT2D eigenvalue weighted by molar-refractivity contribution is 0.100. The van der Waals surface area contributed by atoms with Gasteiger partial charge in [0.15, 0.2) is 5.78 Å². The Balaban J connectivity index is 2.24. The summed E-state index contributed by atoms with van der Waals surface area (Å²) in [6.45, 7) is 3.70. The zero-order chi connectivity index (χ0) is 10.8. The smallest absolute Gasteiger partial charge is 0.236 e. The van der Waals surface area contributed by atoms with E-state index in [1.807, 2.05) is 12.3 Å². The van der Waals surface area contributed by atoms with Crippen LogP contribution in [0.25, 0.3) is 0 Å². The number of aryl methyl sites for hydroxylation is 1. The van der Waals surface area contributed by atoms with E-state index in [-0.39, 0.29) is 5.78 Å². The van der Waals surface area contributed by atoms with E-state index in [4.69, 9.17) is 4.42 Å². The molecule has 0 atom stereocenters. The van der Waals surface area contributed by atoms with Crippen LogP contribution in [0.5, 0.6) is 0 Å². The van der Waals surface area contributed by atoms with E-state index < -0.39 is 0 Å². The summed E-state index contributed by atoms with van der Waals surface area (Å²) < 4.78 is 7.02. The van der Waals surface area contributed by atoms with Crippen LogP contribution in [0, 0.1) is 6.92 Å². The molecular weight excluding hydrogens is 194 g/mol. The Morgan fingerprint density at radius 1 is 1.53 bits per heavy atom. The molecule has 15 heavy (non-hydrogen) atoms. The molecule has 0 aliphatic carbocycles. The summed E-state index contributed by atoms with van der Waals surface area (Å²) in [6.07, 6.45) is 1.82. The lowest BCUT2D eigenvalue weighted by Gasteiger charge is -2.02. The van der Waals surface area contributed by atoms with E-state index in [0.717, 1.165) is 0 Å². The molecule has 0 unspecified atom stereocenters. The van der Waals surface area contributed by atoms with Gasteiger partial charge in [0.1, 0.15) is 6.54 Å². The van der Waals surface area contributed by atoms with E-state index in [2.05, 4.69) is 10.2 Å². The first-order valence-corrected chi connectivity index (χ1v) is 4.62. The van der Waals surface area contributed by atoms with Gasteiger partial charge in [0.05, 0.1) is 5.69 Å². The van der Waals surface area contributed by atoms with Crippen molar-refractivity contribution in [1.29, 1.82) is 0 Å². The zero-order valence-electron chi connectivity index (χ0n) is 8.60. The lowest BCUT2D eigenvalue weighted by Crippen LogP contribution is -2.06. The van der Waals surface area contributed by atoms with E-state index in [0.29, 0.717) is 24.0 Å². The van der Waals surface area contributed by atoms with Crippen molar-refractivity contribution in [3.63, 3.8) is 0 Å². The molecule has 0 N–H and O–H groups in total. The third-order valence-electron chi connectivity index (χ3n) is 2.06. The van der Waals surface area contributed by atoms with Gasteiger partial charge in [-0.15, -0.1) is 10.2 Å². The molecule has 5 nitrogen and oxygen atoms in total. The molecule has 0 amide bonds. The number of ketones is 1. The van der Waals surface area contributed by atoms with Gasteiger partial charge in [-0.2, -0.15) is 0 Å². The normalized spacial score (nSPS) is 10.5. The predicted molar refractivity (Wildman–Crippen MR) is 52.6 cm³/mol. The summed E-state index contributed by atoms with van der Waals surface area (Å²) in [7, 11) is 0. The van der Waals surface area contributed by atoms with Gasteiger partial charge in [-0.1, -0.05) is 0 Å². The van der Waals surface area contributed by atoms with E-state index in [1.54, 1.807) is 17.6 Å². The van der Waals surface area contributed by atoms with Crippen LogP contribution in [0.15, 0.2) is 22.7 Å². The summed E-state index contributed by atoms with van der Waals surface area (Å²) in [5.74, 6) is 1.06. The van der Waals surface area contributed by atoms with Gasteiger partial charge in [0.25, 0.3) is 0 Å². The van der Waals surface area contributed by atoms with E-state index in [9.17, 15) is 4.79 Å². The minimum absolute atomic E-state index is 0.0243. The van der Waals surface area contributed by atoms with Gasteiger partial charge in [0, 0.05) is 20.0 Å². The maximum atomic E-state index is 11.2. The quantitative estimate of drug-likeness (QED) is 0.711. The molecule has 0 bridgehead atoms. The Bertz CT molecular complexity index is 484. The second-order valence-corrected chi connectivity index (χ2v) is 3.29. The number of rotatable bonds is 3. The number of aromatic nitrogens is 3. The Morgan fingerprint density at radius 3 is 2.93 bits per heavy atom. The fraction of sp³-hybridized carbons (Fsp3) is 0.300. The third kappa shape index (κ3) is 1.96. The first-order chi connectivity index (χ1) is 7.16. The molecule has 0 spiro atoms. The van der Waals surface area contributed by atoms with Gasteiger partial charge >= 0.3 is 0 Å². The summed E-state index contributed by atoms with van der Waals surface area (Å²) >= 11 is 0. The standard InChI is InChI=1S/C10H11N3O2/c1-7(14)9-4-3-5-13(9)6-10-12-11-8(2)15-10/h3-5H,6H2,1-2H3. The zero-order valence-corrected chi connectivity index (χ0v) is 8.60. The van der Waals surface area contributed by atoms with Gasteiger partial charge in [-0.3, -0.25) is 4.79 Å². The van der Waals surface area contributed by atoms with Crippen molar-refractivity contribution < 1.29 is 9.21 Å². The summed E-state index contributed by atoms with van der Waals surface area (Å²) in [5.41, 5.74) is 0.644. The Labute approximate surface area is 86.7 Å². The van der Waals surface area contributed by atoms with Crippen molar-refractivity contribution >= 4 is 5.78 Å². The molecule has 0 aliphatic rings. The highest BCUT2D eigenvalue weighted by Crippen LogP contribution is 2.07. The van der Waals surface area contributed by atoms with Crippen LogP contribution in [0.4, 0.5) is 0 Å². The van der Waals surface area contributed by atoms with Crippen molar-refractivity contribution in [2.45, 2.75) is 20.4 Å². The number of carbonyl (C=O) groups excluding carboxylic acids is 1. The molecule has 2 aromatic rings. The molecule has 5 heteroatoms. The first kappa shape index (κ1) is 9.64. The topological polar surface area (TPSA) is 60.9 Å². The fourth-order valence-electron chi connectivity index (χ4n) is 1.42. The van der Waals surface area contributed by atoms with Crippen LogP contribution >= 0.6 is 0 Å². The summed E-state index contributed by atoms with van der Waals surface area (Å²) in [6, 6.07) is 3.59. The van der Waals surface area contributed by atoms with Crippen molar-refractivity contribution in [2.24, 2.45) is 0 Å². The van der Waals surface area contributed by atoms with Crippen molar-refractivity contribution in [3.05, 3.63) is 35.8 Å². The van der Waals surface area contributed by atoms with Gasteiger partial charge in [-0.05, 0) is 12.1 Å². The van der Waals surface area contributed by atoms with Gasteiger partial charge < -0.3 is 8.98 Å². The van der Waals surface area contributed by atoms with E-state index >= 15 is 0 Å². The average Bonchev–Trinajstić information content (AvgIpc) is 2.75. The van der Waals surface area contributed by atoms with E-state index in [1.165, 1.54) is 6.92 Å². The summed E-state index contributed by atoms with van der Waals surface area (Å²) in [4.78, 5) is 11.2. The largest absolute Gasteiger partial charge is 0.424 e. The van der Waals surface area contributed by atoms with Crippen molar-refractivity contribution in [1.82, 2.24) is 14.8 Å². The van der Waals surface area contributed by atoms with Crippen LogP contribution in [0.2, 0.25) is 0 Å². The third-order valence-corrected chi connectivity index (χ3v) is 2.06. The van der Waals surface area contributed by atoms with Crippen LogP contribution in [-0.4, -0.2) is 20.5 Å². The number of Topliss-reactive ketones (excluding diaryl/α,β-unsaturated/α-hetero) is 1. The Morgan fingerprint density at radius 2 is 2.33 bits per heavy atom. The minimum Gasteiger partial charge on any atom is -0.424 e. The molecule has 0 fully saturated rings. The number of carbonyl (C=O) groups is 1. The number of hydrogen-bond donors (Lipinski definition) is 0. The number of hydrogen-bond acceptors (Lipinski definition) is 4. The highest BCUT2D eigenvalue weighted by molar-refractivity contribution is 5.92. The van der Waals surface area contributed by atoms with Crippen LogP contribution in [0.3, 0.4) is 0 Å².